The highest BCUT2D eigenvalue weighted by Gasteiger charge is 2.32. The molecule has 1 saturated heterocycles. The third-order valence-electron chi connectivity index (χ3n) is 4.29. The number of carbonyl (C=O) groups is 2. The molecule has 0 saturated carbocycles. The smallest absolute Gasteiger partial charge is 0.253 e. The summed E-state index contributed by atoms with van der Waals surface area (Å²) in [6.07, 6.45) is 0.144. The van der Waals surface area contributed by atoms with E-state index in [2.05, 4.69) is 4.72 Å². The van der Waals surface area contributed by atoms with Crippen molar-refractivity contribution in [2.45, 2.75) is 24.3 Å². The maximum Gasteiger partial charge on any atom is 0.253 e. The van der Waals surface area contributed by atoms with Gasteiger partial charge in [0.05, 0.1) is 11.5 Å². The fourth-order valence-electron chi connectivity index (χ4n) is 2.79. The lowest BCUT2D eigenvalue weighted by Gasteiger charge is -2.18. The Morgan fingerprint density at radius 1 is 1.42 bits per heavy atom. The van der Waals surface area contributed by atoms with Crippen LogP contribution in [0.5, 0.6) is 0 Å². The molecule has 8 nitrogen and oxygen atoms in total. The summed E-state index contributed by atoms with van der Waals surface area (Å²) < 4.78 is 32.7. The molecule has 2 amide bonds. The number of hydrogen-bond donors (Lipinski definition) is 1. The van der Waals surface area contributed by atoms with Crippen molar-refractivity contribution in [3.63, 3.8) is 0 Å². The molecule has 0 aliphatic carbocycles. The Hall–Kier alpha value is -1.97. The number of likely N-dealkylation sites (tertiary alicyclic amines) is 1. The maximum atomic E-state index is 12.6. The van der Waals surface area contributed by atoms with Gasteiger partial charge < -0.3 is 14.5 Å². The van der Waals surface area contributed by atoms with Gasteiger partial charge in [0, 0.05) is 51.8 Å². The summed E-state index contributed by atoms with van der Waals surface area (Å²) in [6.45, 7) is 3.55. The van der Waals surface area contributed by atoms with Crippen LogP contribution in [0, 0.1) is 0 Å². The van der Waals surface area contributed by atoms with Gasteiger partial charge in [-0.15, -0.1) is 0 Å². The second-order valence-corrected chi connectivity index (χ2v) is 7.92. The topological polar surface area (TPSA) is 96.0 Å². The average Bonchev–Trinajstić information content (AvgIpc) is 2.97. The van der Waals surface area contributed by atoms with E-state index in [0.29, 0.717) is 26.2 Å². The fourth-order valence-corrected chi connectivity index (χ4v) is 4.06. The molecule has 26 heavy (non-hydrogen) atoms. The van der Waals surface area contributed by atoms with Crippen molar-refractivity contribution in [2.75, 3.05) is 40.4 Å². The summed E-state index contributed by atoms with van der Waals surface area (Å²) in [7, 11) is -0.646. The lowest BCUT2D eigenvalue weighted by molar-refractivity contribution is -0.127. The first-order valence-electron chi connectivity index (χ1n) is 8.43. The Balaban J connectivity index is 2.13. The van der Waals surface area contributed by atoms with Gasteiger partial charge in [0.2, 0.25) is 15.9 Å². The lowest BCUT2D eigenvalue weighted by atomic mass is 10.2. The average molecular weight is 383 g/mol. The van der Waals surface area contributed by atoms with Crippen LogP contribution in [-0.4, -0.2) is 76.5 Å². The van der Waals surface area contributed by atoms with Crippen LogP contribution in [0.15, 0.2) is 29.2 Å². The second-order valence-electron chi connectivity index (χ2n) is 6.20. The number of methoxy groups -OCH3 is 1. The summed E-state index contributed by atoms with van der Waals surface area (Å²) in [5, 5.41) is 0. The molecular formula is C17H25N3O5S. The van der Waals surface area contributed by atoms with Gasteiger partial charge in [-0.2, -0.15) is 0 Å². The van der Waals surface area contributed by atoms with E-state index in [9.17, 15) is 18.0 Å². The van der Waals surface area contributed by atoms with Crippen molar-refractivity contribution >= 4 is 21.8 Å². The van der Waals surface area contributed by atoms with Crippen molar-refractivity contribution in [2.24, 2.45) is 0 Å². The monoisotopic (exact) mass is 383 g/mol. The summed E-state index contributed by atoms with van der Waals surface area (Å²) >= 11 is 0. The number of benzene rings is 1. The number of amides is 2. The predicted octanol–water partition coefficient (Wildman–Crippen LogP) is 0.304. The first-order valence-corrected chi connectivity index (χ1v) is 9.91. The van der Waals surface area contributed by atoms with Gasteiger partial charge in [-0.25, -0.2) is 13.1 Å². The van der Waals surface area contributed by atoms with Crippen LogP contribution in [0.3, 0.4) is 0 Å². The Bertz CT molecular complexity index is 765. The molecular weight excluding hydrogens is 358 g/mol. The molecule has 1 fully saturated rings. The zero-order valence-corrected chi connectivity index (χ0v) is 16.1. The van der Waals surface area contributed by atoms with E-state index in [4.69, 9.17) is 4.74 Å². The highest BCUT2D eigenvalue weighted by Crippen LogP contribution is 2.17. The fraction of sp³-hybridized carbons (Fsp3) is 0.529. The Morgan fingerprint density at radius 3 is 2.77 bits per heavy atom. The number of sulfonamides is 1. The number of hydrogen-bond acceptors (Lipinski definition) is 5. The van der Waals surface area contributed by atoms with Gasteiger partial charge in [-0.05, 0) is 25.1 Å². The van der Waals surface area contributed by atoms with Gasteiger partial charge in [-0.3, -0.25) is 9.59 Å². The van der Waals surface area contributed by atoms with Crippen LogP contribution >= 0.6 is 0 Å². The highest BCUT2D eigenvalue weighted by atomic mass is 32.2. The molecule has 0 unspecified atom stereocenters. The molecule has 9 heteroatoms. The largest absolute Gasteiger partial charge is 0.383 e. The number of nitrogens with zero attached hydrogens (tertiary/aromatic N) is 2. The second kappa shape index (κ2) is 8.61. The van der Waals surface area contributed by atoms with Crippen LogP contribution in [0.2, 0.25) is 0 Å². The normalized spacial score (nSPS) is 17.6. The number of ether oxygens (including phenoxy) is 1. The van der Waals surface area contributed by atoms with Gasteiger partial charge in [0.25, 0.3) is 5.91 Å². The van der Waals surface area contributed by atoms with Crippen LogP contribution < -0.4 is 4.72 Å². The molecule has 0 spiro atoms. The molecule has 1 aliphatic heterocycles. The van der Waals surface area contributed by atoms with Crippen molar-refractivity contribution in [1.29, 1.82) is 0 Å². The quantitative estimate of drug-likeness (QED) is 0.697. The van der Waals surface area contributed by atoms with E-state index in [1.54, 1.807) is 25.1 Å². The van der Waals surface area contributed by atoms with Crippen molar-refractivity contribution < 1.29 is 22.7 Å². The van der Waals surface area contributed by atoms with Crippen LogP contribution in [-0.2, 0) is 19.6 Å². The van der Waals surface area contributed by atoms with Gasteiger partial charge in [0.1, 0.15) is 0 Å². The standard InChI is InChI=1S/C17H25N3O5S/c1-4-20-12-14(11-16(20)21)18-26(23,24)15-7-5-6-13(10-15)17(22)19(2)8-9-25-3/h5-7,10,14,18H,4,8-9,11-12H2,1-3H3/t14-/m1/s1. The minimum atomic E-state index is -3.82. The maximum absolute atomic E-state index is 12.6. The third kappa shape index (κ3) is 4.80. The minimum Gasteiger partial charge on any atom is -0.383 e. The highest BCUT2D eigenvalue weighted by molar-refractivity contribution is 7.89. The summed E-state index contributed by atoms with van der Waals surface area (Å²) in [4.78, 5) is 27.3. The molecule has 0 bridgehead atoms. The van der Waals surface area contributed by atoms with E-state index >= 15 is 0 Å². The molecule has 1 aromatic carbocycles. The molecule has 1 N–H and O–H groups in total. The van der Waals surface area contributed by atoms with E-state index in [-0.39, 0.29) is 28.7 Å². The summed E-state index contributed by atoms with van der Waals surface area (Å²) in [5.41, 5.74) is 0.282. The van der Waals surface area contributed by atoms with Gasteiger partial charge >= 0.3 is 0 Å². The molecule has 1 aromatic rings. The van der Waals surface area contributed by atoms with Gasteiger partial charge in [-0.1, -0.05) is 6.07 Å². The third-order valence-corrected chi connectivity index (χ3v) is 5.81. The lowest BCUT2D eigenvalue weighted by Crippen LogP contribution is -2.37. The summed E-state index contributed by atoms with van der Waals surface area (Å²) in [5.74, 6) is -0.351. The Kier molecular flexibility index (Phi) is 6.74. The molecule has 0 radical (unpaired) electrons. The number of carbonyl (C=O) groups excluding carboxylic acids is 2. The van der Waals surface area contributed by atoms with Crippen molar-refractivity contribution in [3.05, 3.63) is 29.8 Å². The molecule has 1 heterocycles. The first-order chi connectivity index (χ1) is 12.3. The van der Waals surface area contributed by atoms with Crippen LogP contribution in [0.25, 0.3) is 0 Å². The molecule has 1 atom stereocenters. The molecule has 1 aliphatic rings. The minimum absolute atomic E-state index is 0.00545. The van der Waals surface area contributed by atoms with Gasteiger partial charge in [0.15, 0.2) is 0 Å². The number of likely N-dealkylation sites (N-methyl/N-ethyl adjacent to an activating group) is 2. The Labute approximate surface area is 154 Å². The molecule has 2 rings (SSSR count). The Morgan fingerprint density at radius 2 is 2.15 bits per heavy atom. The number of rotatable bonds is 8. The summed E-state index contributed by atoms with van der Waals surface area (Å²) in [6, 6.07) is 5.42. The van der Waals surface area contributed by atoms with Crippen molar-refractivity contribution in [3.8, 4) is 0 Å². The first kappa shape index (κ1) is 20.3. The number of nitrogens with one attached hydrogen (secondary N) is 1. The van der Waals surface area contributed by atoms with Crippen LogP contribution in [0.4, 0.5) is 0 Å². The predicted molar refractivity (Wildman–Crippen MR) is 96.3 cm³/mol. The van der Waals surface area contributed by atoms with E-state index in [0.717, 1.165) is 0 Å². The van der Waals surface area contributed by atoms with E-state index in [1.165, 1.54) is 23.1 Å². The van der Waals surface area contributed by atoms with E-state index in [1.807, 2.05) is 6.92 Å². The molecule has 144 valence electrons. The zero-order valence-electron chi connectivity index (χ0n) is 15.3. The van der Waals surface area contributed by atoms with E-state index < -0.39 is 16.1 Å². The zero-order chi connectivity index (χ0) is 19.3. The SMILES string of the molecule is CCN1C[C@H](NS(=O)(=O)c2cccc(C(=O)N(C)CCOC)c2)CC1=O. The van der Waals surface area contributed by atoms with Crippen LogP contribution in [0.1, 0.15) is 23.7 Å². The van der Waals surface area contributed by atoms with Crippen molar-refractivity contribution in [1.82, 2.24) is 14.5 Å². The molecule has 0 aromatic heterocycles.